The molecule has 1 nitrogen and oxygen atoms in total. The van der Waals surface area contributed by atoms with E-state index in [4.69, 9.17) is 0 Å². The lowest BCUT2D eigenvalue weighted by Crippen LogP contribution is -2.95. The topological polar surface area (TPSA) is 16.6 Å². The zero-order valence-corrected chi connectivity index (χ0v) is 54.2. The first-order valence-electron chi connectivity index (χ1n) is 32.9. The summed E-state index contributed by atoms with van der Waals surface area (Å²) in [7, 11) is -1.03. The van der Waals surface area contributed by atoms with Crippen LogP contribution in [0.1, 0.15) is 97.6 Å². The molecule has 2 aliphatic rings. The summed E-state index contributed by atoms with van der Waals surface area (Å²) in [5.41, 5.74) is 19.2. The van der Waals surface area contributed by atoms with Crippen LogP contribution in [0.25, 0.3) is 0 Å². The van der Waals surface area contributed by atoms with Crippen molar-refractivity contribution in [1.82, 2.24) is 0 Å². The summed E-state index contributed by atoms with van der Waals surface area (Å²) in [6.45, 7) is 13.5. The minimum absolute atomic E-state index is 0.997. The number of quaternary nitrogens is 1. The van der Waals surface area contributed by atoms with E-state index in [1.165, 1.54) is 157 Å². The standard InChI is InChI=1S/2C24H20B.C24H27P.C12H23N/c2*1-5-13-21(14-6-1)25(22-15-7-2-8-16-22,23-17-9-3-10-18-23)24-19-11-4-12-20-24;1-16-10-7-13-22(19(16)4)25(23-14-8-11-17(2)20(23)5)24-15-9-12-18(3)21(24)6;1-3-7-11(8-4-1)13-12-9-5-2-6-10-12/h2*1-20H;7-15H,1-6H3;11-13H,1-10H2/q2*-1;;/p+2. The molecule has 0 aromatic heterocycles. The van der Waals surface area contributed by atoms with Crippen molar-refractivity contribution in [2.45, 2.75) is 118 Å². The van der Waals surface area contributed by atoms with Crippen LogP contribution in [0.3, 0.4) is 0 Å². The average molecular weight is 1170 g/mol. The van der Waals surface area contributed by atoms with Gasteiger partial charge in [-0.1, -0.05) is 292 Å². The molecule has 11 aromatic carbocycles. The maximum atomic E-state index is 2.72. The van der Waals surface area contributed by atoms with Gasteiger partial charge in [-0.3, -0.25) is 0 Å². The Morgan fingerprint density at radius 1 is 0.239 bits per heavy atom. The van der Waals surface area contributed by atoms with Crippen molar-refractivity contribution in [3.63, 3.8) is 0 Å². The molecule has 0 bridgehead atoms. The maximum absolute atomic E-state index is 2.72. The van der Waals surface area contributed by atoms with Gasteiger partial charge in [-0.05, 0) is 144 Å². The van der Waals surface area contributed by atoms with Crippen molar-refractivity contribution in [3.05, 3.63) is 331 Å². The van der Waals surface area contributed by atoms with Gasteiger partial charge >= 0.3 is 0 Å². The second-order valence-electron chi connectivity index (χ2n) is 25.1. The Hall–Kier alpha value is -8.06. The van der Waals surface area contributed by atoms with Crippen LogP contribution in [0.4, 0.5) is 0 Å². The SMILES string of the molecule is C1CCC([NH2+]C2CCCCC2)CC1.Cc1cccc([PH+](c2cccc(C)c2C)c2cccc(C)c2C)c1C.c1ccc([B-](c2ccccc2)(c2ccccc2)c2ccccc2)cc1.c1ccc([B-](c2ccccc2)(c2ccccc2)c2ccccc2)cc1. The smallest absolute Gasteiger partial charge is 0.108 e. The molecule has 0 unspecified atom stereocenters. The third-order valence-electron chi connectivity index (χ3n) is 19.9. The van der Waals surface area contributed by atoms with Crippen LogP contribution < -0.4 is 64.9 Å². The highest BCUT2D eigenvalue weighted by atomic mass is 31.1. The molecule has 13 rings (SSSR count). The van der Waals surface area contributed by atoms with E-state index in [1.807, 2.05) is 0 Å². The molecule has 2 fully saturated rings. The number of aryl methyl sites for hydroxylation is 3. The van der Waals surface area contributed by atoms with Crippen molar-refractivity contribution in [3.8, 4) is 0 Å². The minimum atomic E-state index is -1.22. The Morgan fingerprint density at radius 2 is 0.432 bits per heavy atom. The summed E-state index contributed by atoms with van der Waals surface area (Å²) in [5.74, 6) is 0. The van der Waals surface area contributed by atoms with Crippen LogP contribution in [-0.4, -0.2) is 24.4 Å². The van der Waals surface area contributed by atoms with E-state index in [-0.39, 0.29) is 0 Å². The van der Waals surface area contributed by atoms with Crippen LogP contribution in [0.5, 0.6) is 0 Å². The molecule has 0 atom stereocenters. The quantitative estimate of drug-likeness (QED) is 0.0875. The molecule has 0 heterocycles. The maximum Gasteiger partial charge on any atom is 0.108 e. The van der Waals surface area contributed by atoms with Gasteiger partial charge in [-0.15, -0.1) is 0 Å². The Labute approximate surface area is 530 Å². The molecule has 0 aliphatic heterocycles. The molecule has 0 saturated heterocycles. The molecule has 2 aliphatic carbocycles. The van der Waals surface area contributed by atoms with Crippen LogP contribution in [0.15, 0.2) is 297 Å². The van der Waals surface area contributed by atoms with E-state index in [9.17, 15) is 0 Å². The number of rotatable bonds is 13. The van der Waals surface area contributed by atoms with Gasteiger partial charge in [0.15, 0.2) is 0 Å². The Bertz CT molecular complexity index is 3200. The summed E-state index contributed by atoms with van der Waals surface area (Å²) in [5, 5.41) is 7.28. The fourth-order valence-corrected chi connectivity index (χ4v) is 18.2. The summed E-state index contributed by atoms with van der Waals surface area (Å²) < 4.78 is 0. The Balaban J connectivity index is 0.000000133. The Kier molecular flexibility index (Phi) is 22.3. The zero-order chi connectivity index (χ0) is 61.0. The number of benzene rings is 11. The lowest BCUT2D eigenvalue weighted by Gasteiger charge is -2.44. The fourth-order valence-electron chi connectivity index (χ4n) is 14.8. The van der Waals surface area contributed by atoms with E-state index in [0.717, 1.165) is 12.1 Å². The normalized spacial score (nSPS) is 13.6. The molecule has 4 heteroatoms. The molecule has 2 N–H and O–H groups in total. The fraction of sp³-hybridized carbons (Fsp3) is 0.214. The average Bonchev–Trinajstić information content (AvgIpc) is 1.86. The van der Waals surface area contributed by atoms with E-state index in [1.54, 1.807) is 0 Å². The minimum Gasteiger partial charge on any atom is -0.341 e. The molecule has 0 spiro atoms. The van der Waals surface area contributed by atoms with Gasteiger partial charge in [0.05, 0.1) is 20.0 Å². The second kappa shape index (κ2) is 31.2. The second-order valence-corrected chi connectivity index (χ2v) is 27.5. The van der Waals surface area contributed by atoms with Crippen molar-refractivity contribution in [2.75, 3.05) is 0 Å². The molecule has 2 saturated carbocycles. The third-order valence-corrected chi connectivity index (χ3v) is 23.1. The monoisotopic (exact) mass is 1170 g/mol. The van der Waals surface area contributed by atoms with Gasteiger partial charge in [0.2, 0.25) is 0 Å². The highest BCUT2D eigenvalue weighted by Gasteiger charge is 2.34. The number of hydrogen-bond donors (Lipinski definition) is 1. The summed E-state index contributed by atoms with van der Waals surface area (Å²) >= 11 is 0. The van der Waals surface area contributed by atoms with E-state index in [0.29, 0.717) is 0 Å². The third kappa shape index (κ3) is 14.6. The summed E-state index contributed by atoms with van der Waals surface area (Å²) in [4.78, 5) is 0. The van der Waals surface area contributed by atoms with Gasteiger partial charge in [0, 0.05) is 0 Å². The Morgan fingerprint density at radius 3 is 0.625 bits per heavy atom. The summed E-state index contributed by atoms with van der Waals surface area (Å²) in [6, 6.07) is 109. The molecular formula is C84H92B2NP. The largest absolute Gasteiger partial charge is 0.341 e. The van der Waals surface area contributed by atoms with Crippen LogP contribution in [0, 0.1) is 41.5 Å². The highest BCUT2D eigenvalue weighted by molar-refractivity contribution is 7.80. The van der Waals surface area contributed by atoms with Gasteiger partial charge in [-0.2, -0.15) is 43.7 Å². The van der Waals surface area contributed by atoms with Gasteiger partial charge in [-0.25, -0.2) is 0 Å². The molecule has 0 radical (unpaired) electrons. The molecule has 0 amide bonds. The molecule has 444 valence electrons. The van der Waals surface area contributed by atoms with E-state index >= 15 is 0 Å². The van der Waals surface area contributed by atoms with Crippen LogP contribution in [-0.2, 0) is 0 Å². The zero-order valence-electron chi connectivity index (χ0n) is 53.2. The van der Waals surface area contributed by atoms with E-state index in [2.05, 4.69) is 344 Å². The van der Waals surface area contributed by atoms with Crippen LogP contribution in [0.2, 0.25) is 0 Å². The first kappa shape index (κ1) is 63.0. The molecule has 11 aromatic rings. The molecular weight excluding hydrogens is 1080 g/mol. The summed E-state index contributed by atoms with van der Waals surface area (Å²) in [6.07, 6.45) is 12.5. The lowest BCUT2D eigenvalue weighted by molar-refractivity contribution is -0.725. The lowest BCUT2D eigenvalue weighted by atomic mass is 9.13. The van der Waals surface area contributed by atoms with Crippen molar-refractivity contribution >= 4 is 79.8 Å². The van der Waals surface area contributed by atoms with Crippen molar-refractivity contribution in [2.24, 2.45) is 0 Å². The molecule has 88 heavy (non-hydrogen) atoms. The van der Waals surface area contributed by atoms with Gasteiger partial charge in [0.25, 0.3) is 0 Å². The van der Waals surface area contributed by atoms with Crippen molar-refractivity contribution in [1.29, 1.82) is 0 Å². The first-order valence-corrected chi connectivity index (χ1v) is 34.4. The van der Waals surface area contributed by atoms with Gasteiger partial charge in [0.1, 0.15) is 28.2 Å². The van der Waals surface area contributed by atoms with Crippen LogP contribution >= 0.6 is 7.92 Å². The highest BCUT2D eigenvalue weighted by Crippen LogP contribution is 2.38. The van der Waals surface area contributed by atoms with E-state index < -0.39 is 20.2 Å². The predicted molar refractivity (Wildman–Crippen MR) is 391 cm³/mol. The van der Waals surface area contributed by atoms with Gasteiger partial charge < -0.3 is 5.32 Å². The predicted octanol–water partition coefficient (Wildman–Crippen LogP) is 13.4. The number of nitrogens with two attached hydrogens (primary N) is 1. The van der Waals surface area contributed by atoms with Crippen molar-refractivity contribution < 1.29 is 5.32 Å². The number of hydrogen-bond acceptors (Lipinski definition) is 0. The first-order chi connectivity index (χ1) is 43.2.